The van der Waals surface area contributed by atoms with E-state index in [1.807, 2.05) is 45.0 Å². The van der Waals surface area contributed by atoms with Crippen LogP contribution < -0.4 is 4.74 Å². The molecule has 7 heteroatoms. The molecule has 7 nitrogen and oxygen atoms in total. The maximum Gasteiger partial charge on any atom is 0.410 e. The van der Waals surface area contributed by atoms with E-state index in [0.29, 0.717) is 11.6 Å². The number of nitrogens with zero attached hydrogens (tertiary/aromatic N) is 3. The molecule has 2 aliphatic rings. The van der Waals surface area contributed by atoms with Gasteiger partial charge in [0, 0.05) is 24.1 Å². The normalized spacial score (nSPS) is 18.1. The number of rotatable bonds is 4. The van der Waals surface area contributed by atoms with Gasteiger partial charge in [0.2, 0.25) is 0 Å². The van der Waals surface area contributed by atoms with E-state index in [2.05, 4.69) is 9.97 Å². The van der Waals surface area contributed by atoms with Gasteiger partial charge >= 0.3 is 6.09 Å². The third kappa shape index (κ3) is 4.34. The van der Waals surface area contributed by atoms with Crippen LogP contribution in [0.5, 0.6) is 5.75 Å². The third-order valence-corrected chi connectivity index (χ3v) is 5.32. The fourth-order valence-corrected chi connectivity index (χ4v) is 3.99. The Hall–Kier alpha value is -2.67. The van der Waals surface area contributed by atoms with E-state index in [9.17, 15) is 9.90 Å². The number of amides is 1. The fraction of sp³-hybridized carbons (Fsp3) is 0.500. The summed E-state index contributed by atoms with van der Waals surface area (Å²) in [5, 5.41) is 9.26. The molecule has 1 N–H and O–H groups in total. The van der Waals surface area contributed by atoms with Crippen molar-refractivity contribution in [2.75, 3.05) is 13.1 Å². The van der Waals surface area contributed by atoms with Gasteiger partial charge in [-0.15, -0.1) is 0 Å². The number of likely N-dealkylation sites (tertiary alicyclic amines) is 1. The van der Waals surface area contributed by atoms with E-state index in [0.717, 1.165) is 37.1 Å². The Morgan fingerprint density at radius 3 is 2.55 bits per heavy atom. The first kappa shape index (κ1) is 19.6. The van der Waals surface area contributed by atoms with Crippen LogP contribution in [0.4, 0.5) is 4.79 Å². The summed E-state index contributed by atoms with van der Waals surface area (Å²) in [6, 6.07) is 7.52. The van der Waals surface area contributed by atoms with E-state index in [1.54, 1.807) is 17.3 Å². The van der Waals surface area contributed by atoms with Crippen LogP contribution in [-0.4, -0.2) is 50.9 Å². The molecular formula is C22H27N3O4. The van der Waals surface area contributed by atoms with E-state index in [1.165, 1.54) is 0 Å². The highest BCUT2D eigenvalue weighted by Gasteiger charge is 2.55. The third-order valence-electron chi connectivity index (χ3n) is 5.32. The Labute approximate surface area is 170 Å². The van der Waals surface area contributed by atoms with Gasteiger partial charge in [0.25, 0.3) is 0 Å². The van der Waals surface area contributed by atoms with Crippen molar-refractivity contribution < 1.29 is 19.4 Å². The molecule has 2 fully saturated rings. The lowest BCUT2D eigenvalue weighted by Gasteiger charge is -2.58. The fourth-order valence-electron chi connectivity index (χ4n) is 3.99. The lowest BCUT2D eigenvalue weighted by molar-refractivity contribution is -0.116. The maximum atomic E-state index is 12.1. The van der Waals surface area contributed by atoms with Crippen molar-refractivity contribution in [2.45, 2.75) is 51.9 Å². The molecule has 1 amide bonds. The molecule has 1 saturated heterocycles. The highest BCUT2D eigenvalue weighted by Crippen LogP contribution is 2.49. The number of carbonyl (C=O) groups excluding carboxylic acids is 1. The molecule has 1 aromatic carbocycles. The van der Waals surface area contributed by atoms with Gasteiger partial charge in [0.05, 0.1) is 19.0 Å². The number of benzene rings is 1. The number of carbonyl (C=O) groups is 1. The molecule has 0 radical (unpaired) electrons. The number of ether oxygens (including phenoxy) is 2. The number of hydrogen-bond donors (Lipinski definition) is 1. The van der Waals surface area contributed by atoms with Crippen LogP contribution in [0.2, 0.25) is 0 Å². The van der Waals surface area contributed by atoms with Crippen molar-refractivity contribution in [3.8, 4) is 17.1 Å². The quantitative estimate of drug-likeness (QED) is 0.851. The van der Waals surface area contributed by atoms with E-state index >= 15 is 0 Å². The number of aliphatic hydroxyl groups excluding tert-OH is 1. The summed E-state index contributed by atoms with van der Waals surface area (Å²) < 4.78 is 11.4. The monoisotopic (exact) mass is 397 g/mol. The zero-order valence-corrected chi connectivity index (χ0v) is 17.1. The number of hydrogen-bond acceptors (Lipinski definition) is 6. The molecule has 0 bridgehead atoms. The first-order valence-corrected chi connectivity index (χ1v) is 9.92. The molecule has 1 aromatic heterocycles. The van der Waals surface area contributed by atoms with Gasteiger partial charge in [-0.25, -0.2) is 14.8 Å². The Morgan fingerprint density at radius 1 is 1.24 bits per heavy atom. The van der Waals surface area contributed by atoms with E-state index < -0.39 is 5.60 Å². The SMILES string of the molecule is CC(C)(C)OC(=O)N1CC2(CC(Oc3cnc(-c4cccc(CO)c4)nc3)C2)C1. The van der Waals surface area contributed by atoms with Crippen molar-refractivity contribution in [1.29, 1.82) is 0 Å². The molecular weight excluding hydrogens is 370 g/mol. The molecule has 29 heavy (non-hydrogen) atoms. The van der Waals surface area contributed by atoms with Gasteiger partial charge in [-0.1, -0.05) is 18.2 Å². The summed E-state index contributed by atoms with van der Waals surface area (Å²) >= 11 is 0. The van der Waals surface area contributed by atoms with Crippen molar-refractivity contribution in [1.82, 2.24) is 14.9 Å². The van der Waals surface area contributed by atoms with Crippen molar-refractivity contribution in [3.05, 3.63) is 42.2 Å². The van der Waals surface area contributed by atoms with Crippen LogP contribution in [0.3, 0.4) is 0 Å². The van der Waals surface area contributed by atoms with E-state index in [-0.39, 0.29) is 24.2 Å². The molecule has 0 unspecified atom stereocenters. The van der Waals surface area contributed by atoms with Gasteiger partial charge in [-0.2, -0.15) is 0 Å². The second-order valence-electron chi connectivity index (χ2n) is 9.09. The summed E-state index contributed by atoms with van der Waals surface area (Å²) in [5.74, 6) is 1.25. The Bertz CT molecular complexity index is 878. The Kier molecular flexibility index (Phi) is 4.94. The lowest BCUT2D eigenvalue weighted by Crippen LogP contribution is -2.66. The summed E-state index contributed by atoms with van der Waals surface area (Å²) in [5.41, 5.74) is 1.40. The second kappa shape index (κ2) is 7.30. The van der Waals surface area contributed by atoms with Gasteiger partial charge in [0.1, 0.15) is 11.7 Å². The zero-order valence-electron chi connectivity index (χ0n) is 17.1. The number of aliphatic hydroxyl groups is 1. The van der Waals surface area contributed by atoms with Crippen LogP contribution in [0, 0.1) is 5.41 Å². The topological polar surface area (TPSA) is 84.8 Å². The Balaban J connectivity index is 1.26. The average molecular weight is 397 g/mol. The lowest BCUT2D eigenvalue weighted by atomic mass is 9.62. The standard InChI is InChI=1S/C22H27N3O4/c1-21(2,3)29-20(27)25-13-22(14-25)8-17(9-22)28-18-10-23-19(24-11-18)16-6-4-5-15(7-16)12-26/h4-7,10-11,17,26H,8-9,12-14H2,1-3H3. The highest BCUT2D eigenvalue weighted by atomic mass is 16.6. The molecule has 1 saturated carbocycles. The molecule has 1 aliphatic heterocycles. The minimum absolute atomic E-state index is 0.0101. The first-order chi connectivity index (χ1) is 13.8. The van der Waals surface area contributed by atoms with Gasteiger partial charge < -0.3 is 19.5 Å². The minimum atomic E-state index is -0.462. The predicted molar refractivity (Wildman–Crippen MR) is 107 cm³/mol. The van der Waals surface area contributed by atoms with Gasteiger partial charge in [0.15, 0.2) is 11.6 Å². The highest BCUT2D eigenvalue weighted by molar-refractivity contribution is 5.69. The Morgan fingerprint density at radius 2 is 1.93 bits per heavy atom. The first-order valence-electron chi connectivity index (χ1n) is 9.92. The molecule has 4 rings (SSSR count). The van der Waals surface area contributed by atoms with Gasteiger partial charge in [-0.05, 0) is 45.2 Å². The summed E-state index contributed by atoms with van der Waals surface area (Å²) in [6.07, 6.45) is 5.11. The van der Waals surface area contributed by atoms with Crippen LogP contribution in [-0.2, 0) is 11.3 Å². The largest absolute Gasteiger partial charge is 0.487 e. The average Bonchev–Trinajstić information content (AvgIpc) is 2.61. The maximum absolute atomic E-state index is 12.1. The molecule has 154 valence electrons. The molecule has 1 aliphatic carbocycles. The number of aromatic nitrogens is 2. The smallest absolute Gasteiger partial charge is 0.410 e. The van der Waals surface area contributed by atoms with E-state index in [4.69, 9.17) is 9.47 Å². The molecule has 2 heterocycles. The van der Waals surface area contributed by atoms with Crippen molar-refractivity contribution in [2.24, 2.45) is 5.41 Å². The van der Waals surface area contributed by atoms with Crippen molar-refractivity contribution >= 4 is 6.09 Å². The van der Waals surface area contributed by atoms with Crippen molar-refractivity contribution in [3.63, 3.8) is 0 Å². The predicted octanol–water partition coefficient (Wildman–Crippen LogP) is 3.41. The summed E-state index contributed by atoms with van der Waals surface area (Å²) in [4.78, 5) is 22.6. The van der Waals surface area contributed by atoms with Crippen LogP contribution in [0.15, 0.2) is 36.7 Å². The molecule has 1 spiro atoms. The van der Waals surface area contributed by atoms with Crippen LogP contribution in [0.25, 0.3) is 11.4 Å². The second-order valence-corrected chi connectivity index (χ2v) is 9.09. The van der Waals surface area contributed by atoms with Crippen LogP contribution >= 0.6 is 0 Å². The van der Waals surface area contributed by atoms with Gasteiger partial charge in [-0.3, -0.25) is 0 Å². The molecule has 0 atom stereocenters. The minimum Gasteiger partial charge on any atom is -0.487 e. The summed E-state index contributed by atoms with van der Waals surface area (Å²) in [6.45, 7) is 7.10. The molecule has 2 aromatic rings. The van der Waals surface area contributed by atoms with Crippen LogP contribution in [0.1, 0.15) is 39.2 Å². The summed E-state index contributed by atoms with van der Waals surface area (Å²) in [7, 11) is 0. The zero-order chi connectivity index (χ0) is 20.6.